The third-order valence-electron chi connectivity index (χ3n) is 2.42. The van der Waals surface area contributed by atoms with Gasteiger partial charge in [-0.05, 0) is 12.1 Å². The van der Waals surface area contributed by atoms with Gasteiger partial charge in [-0.15, -0.1) is 0 Å². The van der Waals surface area contributed by atoms with E-state index in [-0.39, 0.29) is 6.67 Å². The Labute approximate surface area is 83.9 Å². The Morgan fingerprint density at radius 2 is 2.33 bits per heavy atom. The molecule has 1 N–H and O–H groups in total. The molecule has 0 saturated carbocycles. The zero-order chi connectivity index (χ0) is 10.4. The van der Waals surface area contributed by atoms with E-state index in [9.17, 15) is 4.79 Å². The number of fused-ring (bicyclic) bond motifs is 3. The Balaban J connectivity index is 2.30. The van der Waals surface area contributed by atoms with Crippen molar-refractivity contribution in [2.24, 2.45) is 15.2 Å². The predicted molar refractivity (Wildman–Crippen MR) is 51.6 cm³/mol. The van der Waals surface area contributed by atoms with Crippen LogP contribution in [0.4, 0.5) is 16.2 Å². The highest BCUT2D eigenvalue weighted by atomic mass is 16.4. The van der Waals surface area contributed by atoms with Crippen LogP contribution in [0, 0.1) is 0 Å². The Morgan fingerprint density at radius 3 is 3.13 bits per heavy atom. The number of nitrogens with zero attached hydrogens (tertiary/aromatic N) is 4. The van der Waals surface area contributed by atoms with Crippen molar-refractivity contribution in [3.8, 4) is 0 Å². The number of hydrogen-bond donors (Lipinski definition) is 1. The summed E-state index contributed by atoms with van der Waals surface area (Å²) in [6, 6.07) is 3.45. The quantitative estimate of drug-likeness (QED) is 0.668. The van der Waals surface area contributed by atoms with Gasteiger partial charge in [0.25, 0.3) is 0 Å². The summed E-state index contributed by atoms with van der Waals surface area (Å²) in [4.78, 5) is 16.2. The van der Waals surface area contributed by atoms with Crippen LogP contribution in [0.5, 0.6) is 0 Å². The zero-order valence-corrected chi connectivity index (χ0v) is 7.58. The Hall–Kier alpha value is -2.24. The summed E-state index contributed by atoms with van der Waals surface area (Å²) in [6.07, 6.45) is 0.604. The molecule has 0 spiro atoms. The molecule has 0 saturated heterocycles. The maximum Gasteiger partial charge on any atom is 0.413 e. The van der Waals surface area contributed by atoms with E-state index in [1.54, 1.807) is 18.3 Å². The van der Waals surface area contributed by atoms with Gasteiger partial charge in [0.05, 0.1) is 22.9 Å². The molecule has 0 unspecified atom stereocenters. The summed E-state index contributed by atoms with van der Waals surface area (Å²) < 4.78 is 0. The molecule has 3 rings (SSSR count). The second kappa shape index (κ2) is 2.63. The minimum Gasteiger partial charge on any atom is -0.465 e. The molecule has 0 radical (unpaired) electrons. The van der Waals surface area contributed by atoms with Crippen molar-refractivity contribution < 1.29 is 9.90 Å². The summed E-state index contributed by atoms with van der Waals surface area (Å²) in [5.41, 5.74) is 1.34. The molecule has 0 aliphatic carbocycles. The fraction of sp³-hybridized carbons (Fsp3) is 0.111. The van der Waals surface area contributed by atoms with Gasteiger partial charge < -0.3 is 5.11 Å². The van der Waals surface area contributed by atoms with Gasteiger partial charge in [0.15, 0.2) is 0 Å². The van der Waals surface area contributed by atoms with Gasteiger partial charge in [-0.2, -0.15) is 10.2 Å². The number of anilines is 1. The monoisotopic (exact) mass is 202 g/mol. The van der Waals surface area contributed by atoms with Gasteiger partial charge in [0.2, 0.25) is 0 Å². The normalized spacial score (nSPS) is 15.6. The molecule has 0 aromatic heterocycles. The van der Waals surface area contributed by atoms with Crippen molar-refractivity contribution in [3.63, 3.8) is 0 Å². The average Bonchev–Trinajstić information content (AvgIpc) is 2.82. The molecule has 1 amide bonds. The van der Waals surface area contributed by atoms with E-state index in [0.29, 0.717) is 11.0 Å². The fourth-order valence-electron chi connectivity index (χ4n) is 1.71. The Morgan fingerprint density at radius 1 is 1.47 bits per heavy atom. The van der Waals surface area contributed by atoms with Gasteiger partial charge in [-0.3, -0.25) is 9.89 Å². The molecule has 2 aliphatic rings. The largest absolute Gasteiger partial charge is 0.465 e. The number of benzene rings is 1. The second-order valence-electron chi connectivity index (χ2n) is 3.22. The first-order valence-corrected chi connectivity index (χ1v) is 4.36. The van der Waals surface area contributed by atoms with E-state index >= 15 is 0 Å². The van der Waals surface area contributed by atoms with Crippen molar-refractivity contribution in [1.82, 2.24) is 0 Å². The van der Waals surface area contributed by atoms with Gasteiger partial charge in [-0.25, -0.2) is 4.79 Å². The molecule has 6 nitrogen and oxygen atoms in total. The number of carbonyl (C=O) groups is 1. The lowest BCUT2D eigenvalue weighted by Gasteiger charge is -2.10. The minimum absolute atomic E-state index is 0.148. The van der Waals surface area contributed by atoms with E-state index in [1.807, 2.05) is 0 Å². The maximum absolute atomic E-state index is 10.9. The van der Waals surface area contributed by atoms with Gasteiger partial charge in [0, 0.05) is 5.22 Å². The second-order valence-corrected chi connectivity index (χ2v) is 3.22. The zero-order valence-electron chi connectivity index (χ0n) is 7.58. The summed E-state index contributed by atoms with van der Waals surface area (Å²) >= 11 is 0. The molecule has 6 heteroatoms. The van der Waals surface area contributed by atoms with Crippen LogP contribution in [0.1, 0.15) is 0 Å². The third-order valence-corrected chi connectivity index (χ3v) is 2.42. The lowest BCUT2D eigenvalue weighted by molar-refractivity contribution is 0.202. The topological polar surface area (TPSA) is 77.6 Å². The third kappa shape index (κ3) is 0.983. The lowest BCUT2D eigenvalue weighted by Crippen LogP contribution is -2.31. The number of hydrogen-bond acceptors (Lipinski definition) is 4. The van der Waals surface area contributed by atoms with Crippen LogP contribution in [0.25, 0.3) is 6.20 Å². The molecule has 1 aromatic rings. The Bertz CT molecular complexity index is 605. The molecule has 0 fully saturated rings. The first-order valence-electron chi connectivity index (χ1n) is 4.36. The average molecular weight is 202 g/mol. The lowest BCUT2D eigenvalue weighted by atomic mass is 10.2. The highest BCUT2D eigenvalue weighted by molar-refractivity contribution is 5.87. The summed E-state index contributed by atoms with van der Waals surface area (Å²) in [7, 11) is 0. The minimum atomic E-state index is -0.996. The molecule has 0 bridgehead atoms. The van der Waals surface area contributed by atoms with Crippen LogP contribution in [0.2, 0.25) is 0 Å². The number of amides is 1. The number of rotatable bonds is 0. The highest BCUT2D eigenvalue weighted by Gasteiger charge is 2.22. The molecule has 2 aliphatic heterocycles. The summed E-state index contributed by atoms with van der Waals surface area (Å²) in [6.45, 7) is 0.148. The Kier molecular flexibility index (Phi) is 1.42. The van der Waals surface area contributed by atoms with E-state index in [4.69, 9.17) is 5.11 Å². The SMILES string of the molecule is O=C(O)N1CN=c2c1ccc1c2=CN=N1. The van der Waals surface area contributed by atoms with Crippen LogP contribution in [0.3, 0.4) is 0 Å². The fourth-order valence-corrected chi connectivity index (χ4v) is 1.71. The van der Waals surface area contributed by atoms with Crippen molar-refractivity contribution in [2.75, 3.05) is 11.6 Å². The van der Waals surface area contributed by atoms with Gasteiger partial charge in [0.1, 0.15) is 6.67 Å². The van der Waals surface area contributed by atoms with Crippen molar-refractivity contribution in [2.45, 2.75) is 0 Å². The number of carboxylic acid groups (broad SMARTS) is 1. The van der Waals surface area contributed by atoms with Crippen LogP contribution >= 0.6 is 0 Å². The van der Waals surface area contributed by atoms with Crippen LogP contribution in [-0.2, 0) is 0 Å². The smallest absolute Gasteiger partial charge is 0.413 e. The maximum atomic E-state index is 10.9. The van der Waals surface area contributed by atoms with Gasteiger partial charge in [-0.1, -0.05) is 0 Å². The predicted octanol–water partition coefficient (Wildman–Crippen LogP) is 0.597. The van der Waals surface area contributed by atoms with E-state index in [2.05, 4.69) is 15.2 Å². The standard InChI is InChI=1S/C9H6N4O2/c14-9(15)13-4-10-8-5-3-11-12-6(5)1-2-7(8)13/h1-3H,4H2,(H,14,15). The molecular weight excluding hydrogens is 196 g/mol. The molecule has 2 heterocycles. The first-order chi connectivity index (χ1) is 7.27. The molecule has 15 heavy (non-hydrogen) atoms. The molecule has 1 aromatic carbocycles. The van der Waals surface area contributed by atoms with Crippen molar-refractivity contribution >= 4 is 23.7 Å². The molecule has 0 atom stereocenters. The van der Waals surface area contributed by atoms with Crippen molar-refractivity contribution in [1.29, 1.82) is 0 Å². The van der Waals surface area contributed by atoms with Crippen molar-refractivity contribution in [3.05, 3.63) is 22.7 Å². The van der Waals surface area contributed by atoms with Crippen LogP contribution in [-0.4, -0.2) is 17.9 Å². The van der Waals surface area contributed by atoms with Crippen LogP contribution in [0.15, 0.2) is 27.4 Å². The molecular formula is C9H6N4O2. The van der Waals surface area contributed by atoms with Crippen LogP contribution < -0.4 is 15.5 Å². The summed E-state index contributed by atoms with van der Waals surface area (Å²) in [5.74, 6) is 0. The summed E-state index contributed by atoms with van der Waals surface area (Å²) in [5, 5.41) is 18.0. The first kappa shape index (κ1) is 8.10. The number of azo groups is 1. The van der Waals surface area contributed by atoms with E-state index < -0.39 is 6.09 Å². The molecule has 74 valence electrons. The highest BCUT2D eigenvalue weighted by Crippen LogP contribution is 2.17. The van der Waals surface area contributed by atoms with E-state index in [1.165, 1.54) is 4.90 Å². The van der Waals surface area contributed by atoms with Gasteiger partial charge >= 0.3 is 6.09 Å². The van der Waals surface area contributed by atoms with E-state index in [0.717, 1.165) is 10.9 Å².